The van der Waals surface area contributed by atoms with Gasteiger partial charge in [-0.3, -0.25) is 14.7 Å². The molecular formula is C19H20BrN5O5. The van der Waals surface area contributed by atoms with E-state index < -0.39 is 18.4 Å². The molecule has 11 heteroatoms. The second-order valence-electron chi connectivity index (χ2n) is 6.89. The van der Waals surface area contributed by atoms with E-state index in [1.54, 1.807) is 4.57 Å². The number of ether oxygens (including phenoxy) is 2. The maximum atomic E-state index is 11.5. The van der Waals surface area contributed by atoms with E-state index in [0.717, 1.165) is 10.0 Å². The molecular weight excluding hydrogens is 458 g/mol. The van der Waals surface area contributed by atoms with Crippen molar-refractivity contribution in [1.29, 1.82) is 0 Å². The van der Waals surface area contributed by atoms with E-state index in [1.165, 1.54) is 13.3 Å². The normalized spacial score (nSPS) is 21.1. The van der Waals surface area contributed by atoms with Gasteiger partial charge < -0.3 is 19.7 Å². The lowest BCUT2D eigenvalue weighted by Crippen LogP contribution is -2.24. The number of nitrogens with zero attached hydrogens (tertiary/aromatic N) is 4. The molecule has 1 aliphatic heterocycles. The zero-order chi connectivity index (χ0) is 21.3. The third-order valence-electron chi connectivity index (χ3n) is 4.66. The Balaban J connectivity index is 1.67. The minimum Gasteiger partial charge on any atom is -0.471 e. The van der Waals surface area contributed by atoms with Crippen LogP contribution >= 0.6 is 15.9 Å². The second kappa shape index (κ2) is 8.64. The van der Waals surface area contributed by atoms with E-state index in [4.69, 9.17) is 9.47 Å². The minimum absolute atomic E-state index is 0.0693. The molecule has 0 saturated carbocycles. The van der Waals surface area contributed by atoms with Crippen LogP contribution in [0.5, 0.6) is 5.88 Å². The molecule has 0 radical (unpaired) electrons. The Kier molecular flexibility index (Phi) is 5.95. The number of anilines is 1. The van der Waals surface area contributed by atoms with E-state index in [0.29, 0.717) is 11.2 Å². The van der Waals surface area contributed by atoms with Crippen molar-refractivity contribution < 1.29 is 24.5 Å². The molecule has 0 spiro atoms. The molecule has 0 bridgehead atoms. The fourth-order valence-corrected chi connectivity index (χ4v) is 3.46. The number of aliphatic hydroxyl groups excluding tert-OH is 2. The van der Waals surface area contributed by atoms with Crippen LogP contribution in [0.15, 0.2) is 35.1 Å². The average Bonchev–Trinajstić information content (AvgIpc) is 3.30. The number of halogens is 1. The summed E-state index contributed by atoms with van der Waals surface area (Å²) in [4.78, 5) is 24.5. The van der Waals surface area contributed by atoms with Gasteiger partial charge in [0.25, 0.3) is 0 Å². The number of rotatable bonds is 6. The molecule has 1 amide bonds. The first-order valence-electron chi connectivity index (χ1n) is 9.28. The summed E-state index contributed by atoms with van der Waals surface area (Å²) in [7, 11) is 0. The van der Waals surface area contributed by atoms with Crippen LogP contribution in [0.4, 0.5) is 5.95 Å². The summed E-state index contributed by atoms with van der Waals surface area (Å²) in [6.45, 7) is 1.31. The Labute approximate surface area is 180 Å². The molecule has 0 unspecified atom stereocenters. The third kappa shape index (κ3) is 4.29. The van der Waals surface area contributed by atoms with Crippen molar-refractivity contribution in [2.24, 2.45) is 0 Å². The van der Waals surface area contributed by atoms with Crippen molar-refractivity contribution in [3.8, 4) is 5.88 Å². The Morgan fingerprint density at radius 2 is 2.13 bits per heavy atom. The van der Waals surface area contributed by atoms with Crippen molar-refractivity contribution in [1.82, 2.24) is 19.5 Å². The van der Waals surface area contributed by atoms with Gasteiger partial charge in [0.1, 0.15) is 18.9 Å². The topological polar surface area (TPSA) is 132 Å². The molecule has 10 nitrogen and oxygen atoms in total. The van der Waals surface area contributed by atoms with Crippen LogP contribution in [-0.4, -0.2) is 54.5 Å². The molecule has 1 aliphatic rings. The van der Waals surface area contributed by atoms with Gasteiger partial charge in [-0.2, -0.15) is 9.97 Å². The van der Waals surface area contributed by atoms with E-state index in [-0.39, 0.29) is 37.4 Å². The maximum absolute atomic E-state index is 11.5. The van der Waals surface area contributed by atoms with E-state index >= 15 is 0 Å². The van der Waals surface area contributed by atoms with Crippen molar-refractivity contribution >= 4 is 38.9 Å². The number of carbonyl (C=O) groups is 1. The highest BCUT2D eigenvalue weighted by Gasteiger charge is 2.35. The van der Waals surface area contributed by atoms with Crippen LogP contribution in [0.3, 0.4) is 0 Å². The minimum atomic E-state index is -0.803. The van der Waals surface area contributed by atoms with Crippen molar-refractivity contribution in [2.75, 3.05) is 11.9 Å². The van der Waals surface area contributed by atoms with Gasteiger partial charge in [0, 0.05) is 17.8 Å². The predicted octanol–water partition coefficient (Wildman–Crippen LogP) is 1.77. The Morgan fingerprint density at radius 3 is 2.80 bits per heavy atom. The van der Waals surface area contributed by atoms with Crippen molar-refractivity contribution in [2.45, 2.75) is 38.4 Å². The number of aliphatic hydroxyl groups is 2. The van der Waals surface area contributed by atoms with Crippen LogP contribution in [-0.2, 0) is 16.1 Å². The van der Waals surface area contributed by atoms with Gasteiger partial charge in [-0.25, -0.2) is 4.98 Å². The number of aromatic nitrogens is 4. The fraction of sp³-hybridized carbons (Fsp3) is 0.368. The number of amides is 1. The summed E-state index contributed by atoms with van der Waals surface area (Å²) < 4.78 is 14.2. The van der Waals surface area contributed by atoms with Gasteiger partial charge in [0.2, 0.25) is 17.7 Å². The van der Waals surface area contributed by atoms with Gasteiger partial charge in [0.15, 0.2) is 11.2 Å². The molecule has 4 rings (SSSR count). The summed E-state index contributed by atoms with van der Waals surface area (Å²) >= 11 is 3.40. The summed E-state index contributed by atoms with van der Waals surface area (Å²) in [5.74, 6) is -0.0466. The lowest BCUT2D eigenvalue weighted by atomic mass is 10.2. The monoisotopic (exact) mass is 477 g/mol. The highest BCUT2D eigenvalue weighted by Crippen LogP contribution is 2.33. The number of hydrogen-bond acceptors (Lipinski definition) is 8. The second-order valence-corrected chi connectivity index (χ2v) is 7.80. The predicted molar refractivity (Wildman–Crippen MR) is 110 cm³/mol. The standard InChI is InChI=1S/C19H20BrN5O5/c1-10(27)22-19-23-17-16(18(24-19)29-8-11-2-4-12(20)5-3-11)21-9-25(17)15-6-13(28)14(7-26)30-15/h2-5,9,13-15,26,28H,6-8H2,1H3,(H,22,23,24,27)/t13-,14+,15+/m0/s1. The third-order valence-corrected chi connectivity index (χ3v) is 5.19. The van der Waals surface area contributed by atoms with Crippen molar-refractivity contribution in [3.63, 3.8) is 0 Å². The van der Waals surface area contributed by atoms with Gasteiger partial charge in [-0.1, -0.05) is 28.1 Å². The molecule has 1 aromatic carbocycles. The molecule has 2 aromatic heterocycles. The Hall–Kier alpha value is -2.60. The number of nitrogens with one attached hydrogen (secondary N) is 1. The summed E-state index contributed by atoms with van der Waals surface area (Å²) in [6, 6.07) is 7.65. The lowest BCUT2D eigenvalue weighted by Gasteiger charge is -2.14. The molecule has 30 heavy (non-hydrogen) atoms. The van der Waals surface area contributed by atoms with Gasteiger partial charge in [-0.05, 0) is 17.7 Å². The number of imidazole rings is 1. The first-order valence-corrected chi connectivity index (χ1v) is 10.1. The zero-order valence-corrected chi connectivity index (χ0v) is 17.6. The number of carbonyl (C=O) groups excluding carboxylic acids is 1. The molecule has 3 atom stereocenters. The molecule has 1 fully saturated rings. The molecule has 3 N–H and O–H groups in total. The first kappa shape index (κ1) is 20.7. The van der Waals surface area contributed by atoms with E-state index in [9.17, 15) is 15.0 Å². The summed E-state index contributed by atoms with van der Waals surface area (Å²) in [6.07, 6.45) is -0.271. The fourth-order valence-electron chi connectivity index (χ4n) is 3.20. The summed E-state index contributed by atoms with van der Waals surface area (Å²) in [5, 5.41) is 22.0. The maximum Gasteiger partial charge on any atom is 0.247 e. The highest BCUT2D eigenvalue weighted by atomic mass is 79.9. The molecule has 0 aliphatic carbocycles. The van der Waals surface area contributed by atoms with E-state index in [1.807, 2.05) is 24.3 Å². The number of hydrogen-bond donors (Lipinski definition) is 3. The molecule has 3 heterocycles. The number of fused-ring (bicyclic) bond motifs is 1. The zero-order valence-electron chi connectivity index (χ0n) is 16.0. The molecule has 1 saturated heterocycles. The van der Waals surface area contributed by atoms with Crippen LogP contribution < -0.4 is 10.1 Å². The van der Waals surface area contributed by atoms with Gasteiger partial charge >= 0.3 is 0 Å². The van der Waals surface area contributed by atoms with Crippen LogP contribution in [0.2, 0.25) is 0 Å². The molecule has 3 aromatic rings. The largest absolute Gasteiger partial charge is 0.471 e. The summed E-state index contributed by atoms with van der Waals surface area (Å²) in [5.41, 5.74) is 1.71. The van der Waals surface area contributed by atoms with Crippen LogP contribution in [0.1, 0.15) is 25.1 Å². The lowest BCUT2D eigenvalue weighted by molar-refractivity contribution is -0.114. The van der Waals surface area contributed by atoms with Gasteiger partial charge in [-0.15, -0.1) is 0 Å². The van der Waals surface area contributed by atoms with E-state index in [2.05, 4.69) is 36.2 Å². The quantitative estimate of drug-likeness (QED) is 0.489. The Morgan fingerprint density at radius 1 is 1.37 bits per heavy atom. The van der Waals surface area contributed by atoms with Crippen LogP contribution in [0.25, 0.3) is 11.2 Å². The number of benzene rings is 1. The SMILES string of the molecule is CC(=O)Nc1nc(OCc2ccc(Br)cc2)c2ncn([C@H]3C[C@H](O)[C@@H](CO)O3)c2n1. The van der Waals surface area contributed by atoms with Gasteiger partial charge in [0.05, 0.1) is 19.0 Å². The van der Waals surface area contributed by atoms with Crippen molar-refractivity contribution in [3.05, 3.63) is 40.6 Å². The molecule has 158 valence electrons. The highest BCUT2D eigenvalue weighted by molar-refractivity contribution is 9.10. The average molecular weight is 478 g/mol. The first-order chi connectivity index (χ1) is 14.4. The smallest absolute Gasteiger partial charge is 0.247 e. The van der Waals surface area contributed by atoms with Crippen LogP contribution in [0, 0.1) is 0 Å². The Bertz CT molecular complexity index is 1060.